The molecule has 0 unspecified atom stereocenters. The van der Waals surface area contributed by atoms with E-state index in [9.17, 15) is 4.39 Å². The molecule has 0 aliphatic rings. The molecule has 19 heavy (non-hydrogen) atoms. The number of anilines is 1. The molecule has 0 heterocycles. The second kappa shape index (κ2) is 5.82. The summed E-state index contributed by atoms with van der Waals surface area (Å²) in [5.41, 5.74) is -0.338. The number of aryl methyl sites for hydroxylation is 1. The Bertz CT molecular complexity index is 704. The van der Waals surface area contributed by atoms with Crippen LogP contribution in [0.4, 0.5) is 10.1 Å². The first kappa shape index (κ1) is 13.7. The SMILES string of the molecule is Cc1cc(C#N)c(NC(C#N)=C(C#N)C#N)cc1F. The molecule has 0 aromatic heterocycles. The molecule has 1 aromatic carbocycles. The number of nitrogens with zero attached hydrogens (tertiary/aromatic N) is 4. The van der Waals surface area contributed by atoms with Crippen LogP contribution in [0.2, 0.25) is 0 Å². The van der Waals surface area contributed by atoms with Gasteiger partial charge in [-0.15, -0.1) is 0 Å². The first-order chi connectivity index (χ1) is 9.07. The second-order valence-corrected chi connectivity index (χ2v) is 3.47. The van der Waals surface area contributed by atoms with Crippen molar-refractivity contribution in [1.29, 1.82) is 21.0 Å². The van der Waals surface area contributed by atoms with Crippen molar-refractivity contribution in [3.05, 3.63) is 40.3 Å². The zero-order chi connectivity index (χ0) is 14.4. The lowest BCUT2D eigenvalue weighted by Crippen LogP contribution is -2.03. The van der Waals surface area contributed by atoms with E-state index < -0.39 is 11.4 Å². The molecule has 0 aliphatic heterocycles. The smallest absolute Gasteiger partial charge is 0.163 e. The van der Waals surface area contributed by atoms with Gasteiger partial charge in [-0.2, -0.15) is 21.0 Å². The number of rotatable bonds is 2. The van der Waals surface area contributed by atoms with Gasteiger partial charge in [-0.3, -0.25) is 0 Å². The molecule has 6 heteroatoms. The molecule has 0 amide bonds. The lowest BCUT2D eigenvalue weighted by Gasteiger charge is -2.08. The summed E-state index contributed by atoms with van der Waals surface area (Å²) < 4.78 is 13.4. The third-order valence-corrected chi connectivity index (χ3v) is 2.26. The number of hydrogen-bond acceptors (Lipinski definition) is 5. The van der Waals surface area contributed by atoms with Gasteiger partial charge in [0.2, 0.25) is 0 Å². The minimum Gasteiger partial charge on any atom is -0.344 e. The Hall–Kier alpha value is -3.35. The molecular weight excluding hydrogens is 245 g/mol. The summed E-state index contributed by atoms with van der Waals surface area (Å²) in [6.07, 6.45) is 0. The maximum absolute atomic E-state index is 13.4. The molecule has 0 bridgehead atoms. The molecule has 0 spiro atoms. The maximum atomic E-state index is 13.4. The van der Waals surface area contributed by atoms with Gasteiger partial charge in [0.1, 0.15) is 35.8 Å². The van der Waals surface area contributed by atoms with E-state index in [0.29, 0.717) is 0 Å². The first-order valence-electron chi connectivity index (χ1n) is 4.99. The molecule has 5 nitrogen and oxygen atoms in total. The fourth-order valence-electron chi connectivity index (χ4n) is 1.30. The number of benzene rings is 1. The lowest BCUT2D eigenvalue weighted by atomic mass is 10.1. The van der Waals surface area contributed by atoms with Crippen molar-refractivity contribution in [2.24, 2.45) is 0 Å². The van der Waals surface area contributed by atoms with Crippen molar-refractivity contribution < 1.29 is 4.39 Å². The van der Waals surface area contributed by atoms with Crippen LogP contribution in [0.3, 0.4) is 0 Å². The van der Waals surface area contributed by atoms with Crippen LogP contribution in [0.25, 0.3) is 0 Å². The van der Waals surface area contributed by atoms with Crippen LogP contribution in [-0.4, -0.2) is 0 Å². The Kier molecular flexibility index (Phi) is 4.20. The highest BCUT2D eigenvalue weighted by Gasteiger charge is 2.11. The predicted molar refractivity (Wildman–Crippen MR) is 63.3 cm³/mol. The molecule has 0 radical (unpaired) electrons. The Morgan fingerprint density at radius 2 is 1.74 bits per heavy atom. The molecule has 0 atom stereocenters. The molecule has 0 saturated heterocycles. The van der Waals surface area contributed by atoms with Crippen LogP contribution in [-0.2, 0) is 0 Å². The number of hydrogen-bond donors (Lipinski definition) is 1. The average molecular weight is 251 g/mol. The Morgan fingerprint density at radius 1 is 1.11 bits per heavy atom. The zero-order valence-corrected chi connectivity index (χ0v) is 9.82. The first-order valence-corrected chi connectivity index (χ1v) is 4.99. The monoisotopic (exact) mass is 251 g/mol. The lowest BCUT2D eigenvalue weighted by molar-refractivity contribution is 0.619. The van der Waals surface area contributed by atoms with Gasteiger partial charge in [-0.05, 0) is 24.6 Å². The van der Waals surface area contributed by atoms with Gasteiger partial charge in [-0.25, -0.2) is 4.39 Å². The van der Waals surface area contributed by atoms with Gasteiger partial charge in [0.15, 0.2) is 5.57 Å². The van der Waals surface area contributed by atoms with Crippen molar-refractivity contribution in [3.63, 3.8) is 0 Å². The van der Waals surface area contributed by atoms with Crippen molar-refractivity contribution in [2.45, 2.75) is 6.92 Å². The van der Waals surface area contributed by atoms with Gasteiger partial charge in [0.25, 0.3) is 0 Å². The summed E-state index contributed by atoms with van der Waals surface area (Å²) in [4.78, 5) is 0. The summed E-state index contributed by atoms with van der Waals surface area (Å²) in [6.45, 7) is 1.50. The van der Waals surface area contributed by atoms with E-state index in [0.717, 1.165) is 6.07 Å². The highest BCUT2D eigenvalue weighted by Crippen LogP contribution is 2.21. The summed E-state index contributed by atoms with van der Waals surface area (Å²) in [7, 11) is 0. The van der Waals surface area contributed by atoms with Gasteiger partial charge >= 0.3 is 0 Å². The van der Waals surface area contributed by atoms with E-state index in [-0.39, 0.29) is 22.5 Å². The summed E-state index contributed by atoms with van der Waals surface area (Å²) in [5.74, 6) is -0.561. The van der Waals surface area contributed by atoms with Crippen LogP contribution in [0.5, 0.6) is 0 Å². The average Bonchev–Trinajstić information content (AvgIpc) is 2.42. The quantitative estimate of drug-likeness (QED) is 0.811. The summed E-state index contributed by atoms with van der Waals surface area (Å²) in [5, 5.41) is 37.6. The van der Waals surface area contributed by atoms with Crippen molar-refractivity contribution in [1.82, 2.24) is 0 Å². The highest BCUT2D eigenvalue weighted by molar-refractivity contribution is 5.65. The van der Waals surface area contributed by atoms with Crippen molar-refractivity contribution in [3.8, 4) is 24.3 Å². The van der Waals surface area contributed by atoms with Gasteiger partial charge < -0.3 is 5.32 Å². The fourth-order valence-corrected chi connectivity index (χ4v) is 1.30. The van der Waals surface area contributed by atoms with E-state index >= 15 is 0 Å². The minimum atomic E-state index is -0.561. The minimum absolute atomic E-state index is 0.0325. The number of halogens is 1. The van der Waals surface area contributed by atoms with E-state index in [2.05, 4.69) is 5.32 Å². The van der Waals surface area contributed by atoms with E-state index in [1.165, 1.54) is 13.0 Å². The topological polar surface area (TPSA) is 107 Å². The molecule has 1 N–H and O–H groups in total. The van der Waals surface area contributed by atoms with Crippen LogP contribution in [0, 0.1) is 58.1 Å². The van der Waals surface area contributed by atoms with Crippen LogP contribution < -0.4 is 5.32 Å². The van der Waals surface area contributed by atoms with Gasteiger partial charge in [-0.1, -0.05) is 0 Å². The molecule has 0 saturated carbocycles. The maximum Gasteiger partial charge on any atom is 0.163 e. The predicted octanol–water partition coefficient (Wildman–Crippen LogP) is 2.24. The Balaban J connectivity index is 3.37. The highest BCUT2D eigenvalue weighted by atomic mass is 19.1. The summed E-state index contributed by atoms with van der Waals surface area (Å²) in [6, 6.07) is 8.91. The Labute approximate surface area is 109 Å². The molecule has 90 valence electrons. The van der Waals surface area contributed by atoms with E-state index in [4.69, 9.17) is 21.0 Å². The standard InChI is InChI=1S/C13H6FN5/c1-8-2-9(4-15)12(3-11(8)14)19-13(7-18)10(5-16)6-17/h2-3,19H,1H3. The normalized spacial score (nSPS) is 8.32. The van der Waals surface area contributed by atoms with E-state index in [1.54, 1.807) is 18.2 Å². The summed E-state index contributed by atoms with van der Waals surface area (Å²) >= 11 is 0. The van der Waals surface area contributed by atoms with Crippen molar-refractivity contribution in [2.75, 3.05) is 5.32 Å². The molecule has 1 aromatic rings. The van der Waals surface area contributed by atoms with Gasteiger partial charge in [0, 0.05) is 0 Å². The molecule has 0 fully saturated rings. The second-order valence-electron chi connectivity index (χ2n) is 3.47. The van der Waals surface area contributed by atoms with Crippen molar-refractivity contribution >= 4 is 5.69 Å². The molecule has 0 aliphatic carbocycles. The fraction of sp³-hybridized carbons (Fsp3) is 0.0769. The molecular formula is C13H6FN5. The third-order valence-electron chi connectivity index (χ3n) is 2.26. The zero-order valence-electron chi connectivity index (χ0n) is 9.82. The van der Waals surface area contributed by atoms with Crippen LogP contribution >= 0.6 is 0 Å². The number of nitriles is 4. The largest absolute Gasteiger partial charge is 0.344 e. The third kappa shape index (κ3) is 2.86. The Morgan fingerprint density at radius 3 is 2.21 bits per heavy atom. The van der Waals surface area contributed by atoms with Crippen LogP contribution in [0.15, 0.2) is 23.4 Å². The van der Waals surface area contributed by atoms with Crippen LogP contribution in [0.1, 0.15) is 11.1 Å². The number of allylic oxidation sites excluding steroid dienone is 2. The molecule has 1 rings (SSSR count). The number of nitrogens with one attached hydrogen (secondary N) is 1. The van der Waals surface area contributed by atoms with Gasteiger partial charge in [0.05, 0.1) is 11.3 Å². The van der Waals surface area contributed by atoms with E-state index in [1.807, 2.05) is 6.07 Å².